The first-order valence-corrected chi connectivity index (χ1v) is 9.03. The number of hydrogen-bond acceptors (Lipinski definition) is 6. The molecule has 1 aliphatic heterocycles. The number of H-pyrrole nitrogens is 1. The largest absolute Gasteiger partial charge is 0.490 e. The van der Waals surface area contributed by atoms with Crippen molar-refractivity contribution in [1.82, 2.24) is 19.7 Å². The van der Waals surface area contributed by atoms with Gasteiger partial charge in [-0.15, -0.1) is 0 Å². The molecular formula is C19H23N5O3. The summed E-state index contributed by atoms with van der Waals surface area (Å²) in [7, 11) is 0. The van der Waals surface area contributed by atoms with Crippen molar-refractivity contribution in [2.45, 2.75) is 39.3 Å². The Morgan fingerprint density at radius 3 is 2.89 bits per heavy atom. The van der Waals surface area contributed by atoms with Crippen LogP contribution in [0.3, 0.4) is 0 Å². The normalized spacial score (nSPS) is 14.2. The lowest BCUT2D eigenvalue weighted by Crippen LogP contribution is -2.24. The fourth-order valence-electron chi connectivity index (χ4n) is 3.07. The fourth-order valence-corrected chi connectivity index (χ4v) is 3.07. The number of benzene rings is 1. The number of hydrogen-bond donors (Lipinski definition) is 2. The van der Waals surface area contributed by atoms with Gasteiger partial charge in [-0.05, 0) is 26.8 Å². The summed E-state index contributed by atoms with van der Waals surface area (Å²) in [4.78, 5) is 19.7. The van der Waals surface area contributed by atoms with Gasteiger partial charge in [-0.25, -0.2) is 4.68 Å². The van der Waals surface area contributed by atoms with E-state index in [0.29, 0.717) is 36.7 Å². The predicted octanol–water partition coefficient (Wildman–Crippen LogP) is 2.65. The lowest BCUT2D eigenvalue weighted by atomic mass is 10.1. The lowest BCUT2D eigenvalue weighted by Gasteiger charge is -2.19. The summed E-state index contributed by atoms with van der Waals surface area (Å²) in [6.45, 7) is 7.77. The van der Waals surface area contributed by atoms with Gasteiger partial charge < -0.3 is 14.8 Å². The molecule has 0 bridgehead atoms. The third-order valence-electron chi connectivity index (χ3n) is 4.37. The number of fused-ring (bicyclic) bond motifs is 2. The van der Waals surface area contributed by atoms with Gasteiger partial charge in [0.15, 0.2) is 17.1 Å². The van der Waals surface area contributed by atoms with Crippen LogP contribution >= 0.6 is 0 Å². The second kappa shape index (κ2) is 6.61. The molecule has 0 saturated heterocycles. The second-order valence-corrected chi connectivity index (χ2v) is 7.53. The molecule has 0 aliphatic carbocycles. The zero-order valence-corrected chi connectivity index (χ0v) is 15.7. The lowest BCUT2D eigenvalue weighted by molar-refractivity contribution is 0.296. The van der Waals surface area contributed by atoms with Gasteiger partial charge in [-0.3, -0.25) is 9.78 Å². The topological polar surface area (TPSA) is 94.1 Å². The van der Waals surface area contributed by atoms with Gasteiger partial charge >= 0.3 is 0 Å². The molecule has 0 saturated carbocycles. The van der Waals surface area contributed by atoms with E-state index in [1.54, 1.807) is 10.9 Å². The first-order chi connectivity index (χ1) is 12.9. The summed E-state index contributed by atoms with van der Waals surface area (Å²) in [6.07, 6.45) is 2.41. The maximum atomic E-state index is 12.4. The Balaban J connectivity index is 1.64. The molecule has 4 rings (SSSR count). The number of aromatic nitrogens is 4. The van der Waals surface area contributed by atoms with E-state index >= 15 is 0 Å². The first-order valence-electron chi connectivity index (χ1n) is 9.03. The highest BCUT2D eigenvalue weighted by molar-refractivity contribution is 5.74. The monoisotopic (exact) mass is 369 g/mol. The molecule has 142 valence electrons. The minimum absolute atomic E-state index is 0.218. The maximum Gasteiger partial charge on any atom is 0.263 e. The van der Waals surface area contributed by atoms with E-state index in [4.69, 9.17) is 9.47 Å². The average Bonchev–Trinajstić information content (AvgIpc) is 2.91. The molecule has 0 atom stereocenters. The van der Waals surface area contributed by atoms with Gasteiger partial charge in [0.05, 0.1) is 24.9 Å². The zero-order valence-electron chi connectivity index (χ0n) is 15.7. The van der Waals surface area contributed by atoms with Crippen molar-refractivity contribution in [2.75, 3.05) is 18.5 Å². The molecule has 3 heterocycles. The summed E-state index contributed by atoms with van der Waals surface area (Å²) >= 11 is 0. The average molecular weight is 369 g/mol. The molecule has 1 aliphatic rings. The molecule has 0 radical (unpaired) electrons. The summed E-state index contributed by atoms with van der Waals surface area (Å²) in [5, 5.41) is 7.99. The van der Waals surface area contributed by atoms with E-state index in [0.717, 1.165) is 23.5 Å². The van der Waals surface area contributed by atoms with Crippen LogP contribution in [0, 0.1) is 0 Å². The fraction of sp³-hybridized carbons (Fsp3) is 0.421. The number of aromatic amines is 1. The highest BCUT2D eigenvalue weighted by Gasteiger charge is 2.20. The minimum Gasteiger partial charge on any atom is -0.490 e. The standard InChI is InChI=1S/C19H23N5O3/c1-19(2,3)24-16-13(11-21-24)17(25)23-18(22-16)20-10-12-6-4-7-14-15(12)27-9-5-8-26-14/h4,6-7,11H,5,8-10H2,1-3H3,(H2,20,22,23,25). The number of para-hydroxylation sites is 1. The van der Waals surface area contributed by atoms with Crippen LogP contribution in [0.1, 0.15) is 32.8 Å². The van der Waals surface area contributed by atoms with E-state index < -0.39 is 0 Å². The molecule has 2 aromatic heterocycles. The van der Waals surface area contributed by atoms with Crippen LogP contribution < -0.4 is 20.3 Å². The van der Waals surface area contributed by atoms with Crippen LogP contribution in [-0.2, 0) is 12.1 Å². The third kappa shape index (κ3) is 3.34. The van der Waals surface area contributed by atoms with Gasteiger partial charge in [0.25, 0.3) is 5.56 Å². The molecular weight excluding hydrogens is 346 g/mol. The summed E-state index contributed by atoms with van der Waals surface area (Å²) in [5.74, 6) is 1.88. The Bertz CT molecular complexity index is 1030. The predicted molar refractivity (Wildman–Crippen MR) is 103 cm³/mol. The molecule has 3 aromatic rings. The Hall–Kier alpha value is -3.03. The SMILES string of the molecule is CC(C)(C)n1ncc2c(=O)[nH]c(NCc3cccc4c3OCCCO4)nc21. The number of nitrogens with zero attached hydrogens (tertiary/aromatic N) is 3. The van der Waals surface area contributed by atoms with Crippen LogP contribution in [0.15, 0.2) is 29.2 Å². The molecule has 0 amide bonds. The van der Waals surface area contributed by atoms with Crippen molar-refractivity contribution in [3.8, 4) is 11.5 Å². The Morgan fingerprint density at radius 1 is 1.26 bits per heavy atom. The number of nitrogens with one attached hydrogen (secondary N) is 2. The molecule has 8 nitrogen and oxygen atoms in total. The van der Waals surface area contributed by atoms with Crippen LogP contribution in [0.2, 0.25) is 0 Å². The molecule has 0 unspecified atom stereocenters. The Morgan fingerprint density at radius 2 is 2.07 bits per heavy atom. The number of anilines is 1. The van der Waals surface area contributed by atoms with Gasteiger partial charge in [0.1, 0.15) is 5.39 Å². The van der Waals surface area contributed by atoms with Crippen LogP contribution in [0.5, 0.6) is 11.5 Å². The van der Waals surface area contributed by atoms with Crippen LogP contribution in [-0.4, -0.2) is 33.0 Å². The van der Waals surface area contributed by atoms with Crippen molar-refractivity contribution < 1.29 is 9.47 Å². The zero-order chi connectivity index (χ0) is 19.0. The minimum atomic E-state index is -0.276. The van der Waals surface area contributed by atoms with Crippen molar-refractivity contribution in [1.29, 1.82) is 0 Å². The highest BCUT2D eigenvalue weighted by Crippen LogP contribution is 2.33. The van der Waals surface area contributed by atoms with Crippen LogP contribution in [0.25, 0.3) is 11.0 Å². The maximum absolute atomic E-state index is 12.4. The van der Waals surface area contributed by atoms with Gasteiger partial charge in [-0.1, -0.05) is 12.1 Å². The van der Waals surface area contributed by atoms with E-state index in [1.165, 1.54) is 0 Å². The number of ether oxygens (including phenoxy) is 2. The van der Waals surface area contributed by atoms with Crippen molar-refractivity contribution in [2.24, 2.45) is 0 Å². The Labute approximate surface area is 156 Å². The van der Waals surface area contributed by atoms with E-state index in [1.807, 2.05) is 39.0 Å². The second-order valence-electron chi connectivity index (χ2n) is 7.53. The van der Waals surface area contributed by atoms with E-state index in [9.17, 15) is 4.79 Å². The van der Waals surface area contributed by atoms with Crippen molar-refractivity contribution in [3.05, 3.63) is 40.3 Å². The molecule has 8 heteroatoms. The number of rotatable bonds is 3. The molecule has 0 fully saturated rings. The summed E-state index contributed by atoms with van der Waals surface area (Å²) in [5.41, 5.74) is 1.01. The van der Waals surface area contributed by atoms with Gasteiger partial charge in [0.2, 0.25) is 5.95 Å². The smallest absolute Gasteiger partial charge is 0.263 e. The van der Waals surface area contributed by atoms with E-state index in [-0.39, 0.29) is 11.1 Å². The Kier molecular flexibility index (Phi) is 4.25. The summed E-state index contributed by atoms with van der Waals surface area (Å²) < 4.78 is 13.3. The van der Waals surface area contributed by atoms with Gasteiger partial charge in [0, 0.05) is 18.5 Å². The van der Waals surface area contributed by atoms with Crippen molar-refractivity contribution >= 4 is 17.0 Å². The molecule has 1 aromatic carbocycles. The quantitative estimate of drug-likeness (QED) is 0.737. The molecule has 2 N–H and O–H groups in total. The van der Waals surface area contributed by atoms with Crippen LogP contribution in [0.4, 0.5) is 5.95 Å². The van der Waals surface area contributed by atoms with E-state index in [2.05, 4.69) is 20.4 Å². The molecule has 27 heavy (non-hydrogen) atoms. The van der Waals surface area contributed by atoms with Crippen molar-refractivity contribution in [3.63, 3.8) is 0 Å². The first kappa shape index (κ1) is 17.4. The highest BCUT2D eigenvalue weighted by atomic mass is 16.5. The molecule has 0 spiro atoms. The van der Waals surface area contributed by atoms with Gasteiger partial charge in [-0.2, -0.15) is 10.1 Å². The summed E-state index contributed by atoms with van der Waals surface area (Å²) in [6, 6.07) is 5.80. The third-order valence-corrected chi connectivity index (χ3v) is 4.37.